The van der Waals surface area contributed by atoms with Crippen LogP contribution in [0.3, 0.4) is 0 Å². The molecule has 0 radical (unpaired) electrons. The molecule has 100 valence electrons. The van der Waals surface area contributed by atoms with Gasteiger partial charge in [0.2, 0.25) is 0 Å². The first-order chi connectivity index (χ1) is 8.45. The summed E-state index contributed by atoms with van der Waals surface area (Å²) in [4.78, 5) is 11.2. The molecule has 1 aromatic carbocycles. The normalized spacial score (nSPS) is 11.3. The Bertz CT molecular complexity index is 382. The molecule has 1 aromatic rings. The Balaban J connectivity index is 2.49. The highest BCUT2D eigenvalue weighted by atomic mass is 16.5. The van der Waals surface area contributed by atoms with Crippen LogP contribution in [-0.4, -0.2) is 25.7 Å². The van der Waals surface area contributed by atoms with Gasteiger partial charge in [0.15, 0.2) is 0 Å². The van der Waals surface area contributed by atoms with Crippen molar-refractivity contribution < 1.29 is 9.53 Å². The summed E-state index contributed by atoms with van der Waals surface area (Å²) in [5.74, 6) is -0.197. The van der Waals surface area contributed by atoms with Crippen molar-refractivity contribution in [3.8, 4) is 0 Å². The van der Waals surface area contributed by atoms with Gasteiger partial charge in [-0.1, -0.05) is 43.7 Å². The van der Waals surface area contributed by atoms with Crippen LogP contribution in [0, 0.1) is 6.92 Å². The quantitative estimate of drug-likeness (QED) is 0.787. The molecule has 0 saturated heterocycles. The first-order valence-electron chi connectivity index (χ1n) is 6.39. The fourth-order valence-corrected chi connectivity index (χ4v) is 1.80. The standard InChI is InChI=1S/C15H23NO2/c1-5-18-14(17)10-16-11-15(3,4)13-8-6-12(2)7-9-13/h6-9,16H,5,10-11H2,1-4H3. The van der Waals surface area contributed by atoms with Crippen LogP contribution in [0.15, 0.2) is 24.3 Å². The largest absolute Gasteiger partial charge is 0.465 e. The van der Waals surface area contributed by atoms with Crippen LogP contribution in [0.5, 0.6) is 0 Å². The Morgan fingerprint density at radius 1 is 1.28 bits per heavy atom. The molecule has 0 unspecified atom stereocenters. The Labute approximate surface area is 110 Å². The van der Waals surface area contributed by atoms with E-state index in [4.69, 9.17) is 4.74 Å². The van der Waals surface area contributed by atoms with Crippen molar-refractivity contribution in [3.05, 3.63) is 35.4 Å². The third-order valence-corrected chi connectivity index (χ3v) is 2.97. The number of carbonyl (C=O) groups is 1. The van der Waals surface area contributed by atoms with Crippen molar-refractivity contribution >= 4 is 5.97 Å². The third-order valence-electron chi connectivity index (χ3n) is 2.97. The Kier molecular flexibility index (Phi) is 5.35. The fourth-order valence-electron chi connectivity index (χ4n) is 1.80. The molecule has 0 bridgehead atoms. The van der Waals surface area contributed by atoms with Gasteiger partial charge in [-0.25, -0.2) is 0 Å². The Morgan fingerprint density at radius 3 is 2.44 bits per heavy atom. The molecule has 0 aromatic heterocycles. The maximum atomic E-state index is 11.2. The van der Waals surface area contributed by atoms with Crippen molar-refractivity contribution in [1.29, 1.82) is 0 Å². The molecule has 0 amide bonds. The number of hydrogen-bond acceptors (Lipinski definition) is 3. The predicted molar refractivity (Wildman–Crippen MR) is 73.7 cm³/mol. The highest BCUT2D eigenvalue weighted by Crippen LogP contribution is 2.22. The van der Waals surface area contributed by atoms with E-state index in [0.29, 0.717) is 6.61 Å². The van der Waals surface area contributed by atoms with Gasteiger partial charge in [0.25, 0.3) is 0 Å². The summed E-state index contributed by atoms with van der Waals surface area (Å²) < 4.78 is 4.88. The lowest BCUT2D eigenvalue weighted by Crippen LogP contribution is -2.36. The highest BCUT2D eigenvalue weighted by molar-refractivity contribution is 5.71. The van der Waals surface area contributed by atoms with Gasteiger partial charge >= 0.3 is 5.97 Å². The summed E-state index contributed by atoms with van der Waals surface area (Å²) in [5.41, 5.74) is 2.53. The summed E-state index contributed by atoms with van der Waals surface area (Å²) in [6.07, 6.45) is 0. The lowest BCUT2D eigenvalue weighted by molar-refractivity contribution is -0.142. The highest BCUT2D eigenvalue weighted by Gasteiger charge is 2.20. The average Bonchev–Trinajstić information content (AvgIpc) is 2.29. The minimum absolute atomic E-state index is 0.000193. The number of esters is 1. The van der Waals surface area contributed by atoms with Crippen LogP contribution in [0.25, 0.3) is 0 Å². The van der Waals surface area contributed by atoms with E-state index in [9.17, 15) is 4.79 Å². The third kappa shape index (κ3) is 4.49. The molecule has 0 atom stereocenters. The van der Waals surface area contributed by atoms with Crippen LogP contribution >= 0.6 is 0 Å². The fraction of sp³-hybridized carbons (Fsp3) is 0.533. The summed E-state index contributed by atoms with van der Waals surface area (Å²) in [6, 6.07) is 8.51. The van der Waals surface area contributed by atoms with Crippen LogP contribution in [-0.2, 0) is 14.9 Å². The first-order valence-corrected chi connectivity index (χ1v) is 6.39. The molecule has 0 fully saturated rings. The van der Waals surface area contributed by atoms with E-state index in [1.54, 1.807) is 0 Å². The lowest BCUT2D eigenvalue weighted by Gasteiger charge is -2.25. The van der Waals surface area contributed by atoms with Gasteiger partial charge in [-0.2, -0.15) is 0 Å². The van der Waals surface area contributed by atoms with Crippen LogP contribution in [0.1, 0.15) is 31.9 Å². The number of carbonyl (C=O) groups excluding carboxylic acids is 1. The summed E-state index contributed by atoms with van der Waals surface area (Å²) >= 11 is 0. The molecule has 0 aliphatic heterocycles. The van der Waals surface area contributed by atoms with Crippen molar-refractivity contribution in [2.45, 2.75) is 33.1 Å². The second-order valence-electron chi connectivity index (χ2n) is 5.16. The second-order valence-corrected chi connectivity index (χ2v) is 5.16. The monoisotopic (exact) mass is 249 g/mol. The van der Waals surface area contributed by atoms with Crippen molar-refractivity contribution in [1.82, 2.24) is 5.32 Å². The van der Waals surface area contributed by atoms with E-state index in [0.717, 1.165) is 6.54 Å². The van der Waals surface area contributed by atoms with Crippen molar-refractivity contribution in [3.63, 3.8) is 0 Å². The van der Waals surface area contributed by atoms with E-state index in [1.807, 2.05) is 6.92 Å². The van der Waals surface area contributed by atoms with E-state index in [-0.39, 0.29) is 17.9 Å². The number of rotatable bonds is 6. The van der Waals surface area contributed by atoms with Gasteiger partial charge in [-0.15, -0.1) is 0 Å². The topological polar surface area (TPSA) is 38.3 Å². The number of hydrogen-bond donors (Lipinski definition) is 1. The average molecular weight is 249 g/mol. The lowest BCUT2D eigenvalue weighted by atomic mass is 9.84. The van der Waals surface area contributed by atoms with E-state index >= 15 is 0 Å². The minimum atomic E-state index is -0.197. The van der Waals surface area contributed by atoms with Crippen molar-refractivity contribution in [2.75, 3.05) is 19.7 Å². The summed E-state index contributed by atoms with van der Waals surface area (Å²) in [6.45, 7) is 9.66. The van der Waals surface area contributed by atoms with Gasteiger partial charge < -0.3 is 10.1 Å². The number of ether oxygens (including phenoxy) is 1. The van der Waals surface area contributed by atoms with E-state index < -0.39 is 0 Å². The van der Waals surface area contributed by atoms with Gasteiger partial charge in [-0.05, 0) is 19.4 Å². The zero-order valence-corrected chi connectivity index (χ0v) is 11.7. The molecule has 3 heteroatoms. The Hall–Kier alpha value is -1.35. The molecular formula is C15H23NO2. The molecule has 0 saturated carbocycles. The smallest absolute Gasteiger partial charge is 0.319 e. The molecule has 0 spiro atoms. The maximum Gasteiger partial charge on any atom is 0.319 e. The summed E-state index contributed by atoms with van der Waals surface area (Å²) in [5, 5.41) is 3.15. The molecular weight excluding hydrogens is 226 g/mol. The minimum Gasteiger partial charge on any atom is -0.465 e. The van der Waals surface area contributed by atoms with Gasteiger partial charge in [-0.3, -0.25) is 4.79 Å². The zero-order valence-electron chi connectivity index (χ0n) is 11.7. The van der Waals surface area contributed by atoms with Crippen molar-refractivity contribution in [2.24, 2.45) is 0 Å². The van der Waals surface area contributed by atoms with E-state index in [1.165, 1.54) is 11.1 Å². The molecule has 0 aliphatic rings. The molecule has 1 rings (SSSR count). The molecule has 0 heterocycles. The molecule has 1 N–H and O–H groups in total. The number of benzene rings is 1. The van der Waals surface area contributed by atoms with Gasteiger partial charge in [0.1, 0.15) is 0 Å². The number of aryl methyl sites for hydroxylation is 1. The second kappa shape index (κ2) is 6.55. The van der Waals surface area contributed by atoms with Gasteiger partial charge in [0, 0.05) is 12.0 Å². The SMILES string of the molecule is CCOC(=O)CNCC(C)(C)c1ccc(C)cc1. The van der Waals surface area contributed by atoms with Crippen LogP contribution in [0.4, 0.5) is 0 Å². The maximum absolute atomic E-state index is 11.2. The van der Waals surface area contributed by atoms with E-state index in [2.05, 4.69) is 50.4 Å². The Morgan fingerprint density at radius 2 is 1.89 bits per heavy atom. The predicted octanol–water partition coefficient (Wildman–Crippen LogP) is 2.43. The van der Waals surface area contributed by atoms with Gasteiger partial charge in [0.05, 0.1) is 13.2 Å². The molecule has 18 heavy (non-hydrogen) atoms. The molecule has 3 nitrogen and oxygen atoms in total. The van der Waals surface area contributed by atoms with Crippen LogP contribution < -0.4 is 5.32 Å². The van der Waals surface area contributed by atoms with Crippen LogP contribution in [0.2, 0.25) is 0 Å². The summed E-state index contributed by atoms with van der Waals surface area (Å²) in [7, 11) is 0. The number of nitrogens with one attached hydrogen (secondary N) is 1. The zero-order chi connectivity index (χ0) is 13.6. The molecule has 0 aliphatic carbocycles. The first kappa shape index (κ1) is 14.7.